The number of rotatable bonds is 7. The van der Waals surface area contributed by atoms with Crippen LogP contribution in [-0.4, -0.2) is 25.2 Å². The summed E-state index contributed by atoms with van der Waals surface area (Å²) in [5.74, 6) is 0.288. The van der Waals surface area contributed by atoms with Crippen LogP contribution in [0, 0.1) is 0 Å². The summed E-state index contributed by atoms with van der Waals surface area (Å²) in [6.07, 6.45) is 3.41. The van der Waals surface area contributed by atoms with E-state index < -0.39 is 0 Å². The summed E-state index contributed by atoms with van der Waals surface area (Å²) < 4.78 is 3.62. The SMILES string of the molecule is O=C(c1ccsc1)n1nc(-c2ccn(Cc3ccccn3)c(=O)c2)cc1NCc1ccc(Cl)s1. The summed E-state index contributed by atoms with van der Waals surface area (Å²) in [4.78, 5) is 31.1. The zero-order valence-corrected chi connectivity index (χ0v) is 20.1. The number of thiophene rings is 2. The third kappa shape index (κ3) is 4.86. The Hall–Kier alpha value is -3.53. The molecule has 5 heterocycles. The van der Waals surface area contributed by atoms with Crippen LogP contribution in [0.25, 0.3) is 11.3 Å². The van der Waals surface area contributed by atoms with Crippen LogP contribution < -0.4 is 10.9 Å². The Bertz CT molecular complexity index is 1490. The minimum absolute atomic E-state index is 0.176. The number of nitrogens with zero attached hydrogens (tertiary/aromatic N) is 4. The summed E-state index contributed by atoms with van der Waals surface area (Å²) in [5, 5.41) is 11.4. The van der Waals surface area contributed by atoms with E-state index in [0.717, 1.165) is 10.6 Å². The Morgan fingerprint density at radius 2 is 2.03 bits per heavy atom. The number of pyridine rings is 2. The third-order valence-corrected chi connectivity index (χ3v) is 7.01. The van der Waals surface area contributed by atoms with Crippen LogP contribution in [-0.2, 0) is 13.1 Å². The molecule has 170 valence electrons. The molecule has 0 aliphatic rings. The number of aromatic nitrogens is 4. The van der Waals surface area contributed by atoms with E-state index in [9.17, 15) is 9.59 Å². The summed E-state index contributed by atoms with van der Waals surface area (Å²) in [6, 6.07) is 16.2. The van der Waals surface area contributed by atoms with E-state index in [1.165, 1.54) is 33.4 Å². The molecule has 0 amide bonds. The van der Waals surface area contributed by atoms with E-state index in [-0.39, 0.29) is 11.5 Å². The Kier molecular flexibility index (Phi) is 6.39. The molecule has 0 aliphatic carbocycles. The van der Waals surface area contributed by atoms with Gasteiger partial charge in [0, 0.05) is 40.3 Å². The van der Waals surface area contributed by atoms with E-state index >= 15 is 0 Å². The maximum Gasteiger partial charge on any atom is 0.280 e. The first-order valence-corrected chi connectivity index (χ1v) is 12.5. The highest BCUT2D eigenvalue weighted by Gasteiger charge is 2.18. The fraction of sp³-hybridized carbons (Fsp3) is 0.0833. The predicted octanol–water partition coefficient (Wildman–Crippen LogP) is 5.23. The van der Waals surface area contributed by atoms with Crippen molar-refractivity contribution < 1.29 is 4.79 Å². The monoisotopic (exact) mass is 507 g/mol. The van der Waals surface area contributed by atoms with E-state index in [1.54, 1.807) is 34.5 Å². The van der Waals surface area contributed by atoms with Crippen molar-refractivity contribution in [3.05, 3.63) is 109 Å². The highest BCUT2D eigenvalue weighted by Crippen LogP contribution is 2.25. The highest BCUT2D eigenvalue weighted by atomic mass is 35.5. The molecule has 0 bridgehead atoms. The average molecular weight is 508 g/mol. The van der Waals surface area contributed by atoms with Gasteiger partial charge in [0.2, 0.25) is 0 Å². The summed E-state index contributed by atoms with van der Waals surface area (Å²) in [5.41, 5.74) is 2.32. The van der Waals surface area contributed by atoms with Crippen molar-refractivity contribution in [1.82, 2.24) is 19.3 Å². The fourth-order valence-corrected chi connectivity index (χ4v) is 5.06. The third-order valence-electron chi connectivity index (χ3n) is 5.09. The smallest absolute Gasteiger partial charge is 0.280 e. The van der Waals surface area contributed by atoms with Crippen LogP contribution in [0.3, 0.4) is 0 Å². The molecule has 0 saturated carbocycles. The number of carbonyl (C=O) groups is 1. The van der Waals surface area contributed by atoms with Crippen molar-refractivity contribution in [3.8, 4) is 11.3 Å². The second kappa shape index (κ2) is 9.76. The Morgan fingerprint density at radius 1 is 1.12 bits per heavy atom. The molecule has 0 unspecified atom stereocenters. The first-order valence-electron chi connectivity index (χ1n) is 10.3. The quantitative estimate of drug-likeness (QED) is 0.326. The molecule has 5 rings (SSSR count). The molecule has 5 aromatic heterocycles. The highest BCUT2D eigenvalue weighted by molar-refractivity contribution is 7.16. The van der Waals surface area contributed by atoms with Gasteiger partial charge < -0.3 is 9.88 Å². The molecule has 5 aromatic rings. The van der Waals surface area contributed by atoms with Crippen LogP contribution in [0.2, 0.25) is 4.34 Å². The lowest BCUT2D eigenvalue weighted by Crippen LogP contribution is -2.19. The van der Waals surface area contributed by atoms with Gasteiger partial charge in [-0.05, 0) is 41.8 Å². The topological polar surface area (TPSA) is 81.8 Å². The molecular formula is C24H18ClN5O2S2. The maximum atomic E-state index is 13.1. The lowest BCUT2D eigenvalue weighted by atomic mass is 10.2. The zero-order valence-electron chi connectivity index (χ0n) is 17.7. The molecule has 1 N–H and O–H groups in total. The molecule has 0 aliphatic heterocycles. The lowest BCUT2D eigenvalue weighted by Gasteiger charge is -2.07. The maximum absolute atomic E-state index is 13.1. The standard InChI is InChI=1S/C24H18ClN5O2S2/c25-21-5-4-19(34-21)13-27-22-12-20(28-30(22)24(32)17-7-10-33-15-17)16-6-9-29(23(31)11-16)14-18-3-1-2-8-26-18/h1-12,15,27H,13-14H2. The number of carbonyl (C=O) groups excluding carboxylic acids is 1. The van der Waals surface area contributed by atoms with Crippen molar-refractivity contribution in [1.29, 1.82) is 0 Å². The summed E-state index contributed by atoms with van der Waals surface area (Å²) in [6.45, 7) is 0.867. The van der Waals surface area contributed by atoms with E-state index in [2.05, 4.69) is 15.4 Å². The normalized spacial score (nSPS) is 11.0. The van der Waals surface area contributed by atoms with Crippen LogP contribution >= 0.6 is 34.3 Å². The summed E-state index contributed by atoms with van der Waals surface area (Å²) >= 11 is 8.95. The van der Waals surface area contributed by atoms with Crippen molar-refractivity contribution in [2.75, 3.05) is 5.32 Å². The fourth-order valence-electron chi connectivity index (χ4n) is 3.40. The lowest BCUT2D eigenvalue weighted by molar-refractivity contribution is 0.0948. The molecule has 0 spiro atoms. The predicted molar refractivity (Wildman–Crippen MR) is 136 cm³/mol. The van der Waals surface area contributed by atoms with Crippen LogP contribution in [0.1, 0.15) is 20.9 Å². The minimum Gasteiger partial charge on any atom is -0.365 e. The van der Waals surface area contributed by atoms with Gasteiger partial charge in [0.1, 0.15) is 5.82 Å². The van der Waals surface area contributed by atoms with Crippen molar-refractivity contribution in [3.63, 3.8) is 0 Å². The van der Waals surface area contributed by atoms with Crippen molar-refractivity contribution >= 4 is 46.0 Å². The van der Waals surface area contributed by atoms with E-state index in [1.807, 2.05) is 41.8 Å². The average Bonchev–Trinajstić information content (AvgIpc) is 3.60. The molecule has 0 radical (unpaired) electrons. The first-order chi connectivity index (χ1) is 16.6. The molecular weight excluding hydrogens is 490 g/mol. The first kappa shape index (κ1) is 22.3. The second-order valence-electron chi connectivity index (χ2n) is 7.41. The Balaban J connectivity index is 1.45. The molecule has 34 heavy (non-hydrogen) atoms. The second-order valence-corrected chi connectivity index (χ2v) is 9.99. The largest absolute Gasteiger partial charge is 0.365 e. The number of hydrogen-bond acceptors (Lipinski definition) is 7. The molecule has 0 saturated heterocycles. The van der Waals surface area contributed by atoms with Gasteiger partial charge in [-0.15, -0.1) is 11.3 Å². The molecule has 10 heteroatoms. The van der Waals surface area contributed by atoms with Crippen LogP contribution in [0.5, 0.6) is 0 Å². The zero-order chi connectivity index (χ0) is 23.5. The minimum atomic E-state index is -0.247. The number of halogens is 1. The van der Waals surface area contributed by atoms with Gasteiger partial charge in [-0.25, -0.2) is 0 Å². The van der Waals surface area contributed by atoms with Gasteiger partial charge in [-0.2, -0.15) is 21.1 Å². The van der Waals surface area contributed by atoms with Gasteiger partial charge in [-0.3, -0.25) is 14.6 Å². The van der Waals surface area contributed by atoms with Gasteiger partial charge in [0.05, 0.1) is 34.4 Å². The van der Waals surface area contributed by atoms with Gasteiger partial charge in [0.15, 0.2) is 0 Å². The summed E-state index contributed by atoms with van der Waals surface area (Å²) in [7, 11) is 0. The number of anilines is 1. The van der Waals surface area contributed by atoms with E-state index in [4.69, 9.17) is 11.6 Å². The van der Waals surface area contributed by atoms with Crippen LogP contribution in [0.15, 0.2) is 82.5 Å². The number of hydrogen-bond donors (Lipinski definition) is 1. The molecule has 0 atom stereocenters. The van der Waals surface area contributed by atoms with Crippen molar-refractivity contribution in [2.24, 2.45) is 0 Å². The van der Waals surface area contributed by atoms with Crippen molar-refractivity contribution in [2.45, 2.75) is 13.1 Å². The van der Waals surface area contributed by atoms with Gasteiger partial charge >= 0.3 is 0 Å². The van der Waals surface area contributed by atoms with Crippen LogP contribution in [0.4, 0.5) is 5.82 Å². The van der Waals surface area contributed by atoms with E-state index in [0.29, 0.717) is 40.1 Å². The van der Waals surface area contributed by atoms with Gasteiger partial charge in [-0.1, -0.05) is 17.7 Å². The molecule has 7 nitrogen and oxygen atoms in total. The molecule has 0 aromatic carbocycles. The Labute approximate surface area is 207 Å². The number of nitrogens with one attached hydrogen (secondary N) is 1. The Morgan fingerprint density at radius 3 is 2.74 bits per heavy atom. The van der Waals surface area contributed by atoms with Gasteiger partial charge in [0.25, 0.3) is 11.5 Å². The molecule has 0 fully saturated rings.